The predicted molar refractivity (Wildman–Crippen MR) is 90.5 cm³/mol. The lowest BCUT2D eigenvalue weighted by molar-refractivity contribution is -0.144. The lowest BCUT2D eigenvalue weighted by atomic mass is 10.0. The predicted octanol–water partition coefficient (Wildman–Crippen LogP) is 3.90. The summed E-state index contributed by atoms with van der Waals surface area (Å²) in [6.07, 6.45) is 0. The van der Waals surface area contributed by atoms with Gasteiger partial charge in [-0.25, -0.2) is 0 Å². The molecule has 0 bridgehead atoms. The maximum absolute atomic E-state index is 11.7. The Kier molecular flexibility index (Phi) is 7.70. The van der Waals surface area contributed by atoms with Crippen molar-refractivity contribution in [3.63, 3.8) is 0 Å². The average molecular weight is 423 g/mol. The molecular formula is C15H21Br2NO3. The van der Waals surface area contributed by atoms with Gasteiger partial charge in [0.1, 0.15) is 11.8 Å². The molecule has 1 N–H and O–H groups in total. The zero-order valence-electron chi connectivity index (χ0n) is 12.7. The molecule has 1 aromatic carbocycles. The maximum atomic E-state index is 11.7. The van der Waals surface area contributed by atoms with Gasteiger partial charge in [-0.3, -0.25) is 4.79 Å². The molecule has 1 aromatic rings. The second kappa shape index (κ2) is 8.76. The Hall–Kier alpha value is -0.590. The monoisotopic (exact) mass is 421 g/mol. The highest BCUT2D eigenvalue weighted by Gasteiger charge is 2.22. The lowest BCUT2D eigenvalue weighted by Gasteiger charge is -2.20. The Labute approximate surface area is 142 Å². The van der Waals surface area contributed by atoms with Crippen LogP contribution in [0.5, 0.6) is 5.75 Å². The van der Waals surface area contributed by atoms with Crippen molar-refractivity contribution in [2.45, 2.75) is 33.4 Å². The molecule has 0 fully saturated rings. The Morgan fingerprint density at radius 3 is 2.29 bits per heavy atom. The second-order valence-corrected chi connectivity index (χ2v) is 6.66. The highest BCUT2D eigenvalue weighted by Crippen LogP contribution is 2.34. The summed E-state index contributed by atoms with van der Waals surface area (Å²) in [6.45, 7) is 7.09. The molecule has 0 aliphatic rings. The van der Waals surface area contributed by atoms with Gasteiger partial charge in [0, 0.05) is 6.54 Å². The first-order valence-electron chi connectivity index (χ1n) is 6.82. The van der Waals surface area contributed by atoms with Crippen LogP contribution >= 0.6 is 31.9 Å². The van der Waals surface area contributed by atoms with Crippen LogP contribution in [0.15, 0.2) is 21.1 Å². The number of hydrogen-bond acceptors (Lipinski definition) is 4. The number of benzene rings is 1. The first-order chi connectivity index (χ1) is 9.90. The van der Waals surface area contributed by atoms with Crippen molar-refractivity contribution in [1.29, 1.82) is 0 Å². The molecule has 4 nitrogen and oxygen atoms in total. The number of halogens is 2. The van der Waals surface area contributed by atoms with Crippen LogP contribution in [-0.2, 0) is 16.1 Å². The van der Waals surface area contributed by atoms with Crippen molar-refractivity contribution in [3.05, 3.63) is 26.6 Å². The first-order valence-corrected chi connectivity index (χ1v) is 8.41. The van der Waals surface area contributed by atoms with Gasteiger partial charge in [0.05, 0.1) is 22.7 Å². The molecule has 0 radical (unpaired) electrons. The van der Waals surface area contributed by atoms with Crippen molar-refractivity contribution >= 4 is 37.8 Å². The number of esters is 1. The molecule has 0 unspecified atom stereocenters. The molecule has 0 spiro atoms. The number of hydrogen-bond donors (Lipinski definition) is 1. The molecule has 6 heteroatoms. The van der Waals surface area contributed by atoms with E-state index in [1.54, 1.807) is 0 Å². The van der Waals surface area contributed by atoms with Gasteiger partial charge in [-0.15, -0.1) is 0 Å². The fraction of sp³-hybridized carbons (Fsp3) is 0.533. The summed E-state index contributed by atoms with van der Waals surface area (Å²) in [4.78, 5) is 11.7. The van der Waals surface area contributed by atoms with Crippen molar-refractivity contribution in [2.24, 2.45) is 5.92 Å². The van der Waals surface area contributed by atoms with E-state index in [1.807, 2.05) is 32.9 Å². The van der Waals surface area contributed by atoms with E-state index in [0.29, 0.717) is 13.2 Å². The fourth-order valence-electron chi connectivity index (χ4n) is 1.94. The van der Waals surface area contributed by atoms with E-state index in [9.17, 15) is 4.79 Å². The van der Waals surface area contributed by atoms with E-state index in [4.69, 9.17) is 9.47 Å². The molecule has 21 heavy (non-hydrogen) atoms. The Morgan fingerprint density at radius 2 is 1.86 bits per heavy atom. The van der Waals surface area contributed by atoms with Crippen molar-refractivity contribution in [1.82, 2.24) is 5.32 Å². The molecule has 118 valence electrons. The molecule has 0 amide bonds. The van der Waals surface area contributed by atoms with Crippen molar-refractivity contribution < 1.29 is 14.3 Å². The minimum atomic E-state index is -0.320. The molecule has 0 heterocycles. The third-order valence-corrected chi connectivity index (χ3v) is 4.17. The molecule has 1 rings (SSSR count). The number of carbonyl (C=O) groups is 1. The van der Waals surface area contributed by atoms with Crippen LogP contribution in [0.4, 0.5) is 0 Å². The summed E-state index contributed by atoms with van der Waals surface area (Å²) < 4.78 is 12.1. The van der Waals surface area contributed by atoms with Crippen LogP contribution in [-0.4, -0.2) is 25.7 Å². The number of methoxy groups -OCH3 is 1. The first kappa shape index (κ1) is 18.5. The van der Waals surface area contributed by atoms with E-state index in [1.165, 1.54) is 7.11 Å². The average Bonchev–Trinajstić information content (AvgIpc) is 2.42. The lowest BCUT2D eigenvalue weighted by Crippen LogP contribution is -2.41. The minimum absolute atomic E-state index is 0.159. The SMILES string of the molecule is CCOc1c(Br)cc(CN[C@H](C(=O)OC)C(C)C)cc1Br. The number of rotatable bonds is 7. The van der Waals surface area contributed by atoms with Gasteiger partial charge in [-0.05, 0) is 62.4 Å². The number of carbonyl (C=O) groups excluding carboxylic acids is 1. The largest absolute Gasteiger partial charge is 0.492 e. The smallest absolute Gasteiger partial charge is 0.323 e. The van der Waals surface area contributed by atoms with Gasteiger partial charge in [0.15, 0.2) is 0 Å². The quantitative estimate of drug-likeness (QED) is 0.677. The fourth-order valence-corrected chi connectivity index (χ4v) is 3.45. The summed E-state index contributed by atoms with van der Waals surface area (Å²) in [7, 11) is 1.41. The van der Waals surface area contributed by atoms with E-state index < -0.39 is 0 Å². The van der Waals surface area contributed by atoms with Crippen LogP contribution in [0.2, 0.25) is 0 Å². The standard InChI is InChI=1S/C15H21Br2NO3/c1-5-21-14-11(16)6-10(7-12(14)17)8-18-13(9(2)3)15(19)20-4/h6-7,9,13,18H,5,8H2,1-4H3/t13-/m0/s1. The van der Waals surface area contributed by atoms with Gasteiger partial charge in [0.2, 0.25) is 0 Å². The molecule has 0 saturated heterocycles. The zero-order valence-corrected chi connectivity index (χ0v) is 15.9. The Balaban J connectivity index is 2.81. The van der Waals surface area contributed by atoms with Gasteiger partial charge >= 0.3 is 5.97 Å². The van der Waals surface area contributed by atoms with Crippen LogP contribution in [0.1, 0.15) is 26.3 Å². The van der Waals surface area contributed by atoms with Crippen molar-refractivity contribution in [3.8, 4) is 5.75 Å². The molecule has 0 aliphatic heterocycles. The van der Waals surface area contributed by atoms with Crippen LogP contribution in [0.25, 0.3) is 0 Å². The van der Waals surface area contributed by atoms with E-state index in [0.717, 1.165) is 20.3 Å². The summed E-state index contributed by atoms with van der Waals surface area (Å²) in [6, 6.07) is 3.65. The summed E-state index contributed by atoms with van der Waals surface area (Å²) in [5.41, 5.74) is 1.05. The maximum Gasteiger partial charge on any atom is 0.323 e. The second-order valence-electron chi connectivity index (χ2n) is 4.95. The summed E-state index contributed by atoms with van der Waals surface area (Å²) in [5.74, 6) is 0.704. The van der Waals surface area contributed by atoms with Crippen LogP contribution in [0, 0.1) is 5.92 Å². The number of nitrogens with one attached hydrogen (secondary N) is 1. The Morgan fingerprint density at radius 1 is 1.29 bits per heavy atom. The Bertz CT molecular complexity index is 469. The van der Waals surface area contributed by atoms with Crippen LogP contribution in [0.3, 0.4) is 0 Å². The van der Waals surface area contributed by atoms with Gasteiger partial charge in [-0.2, -0.15) is 0 Å². The summed E-state index contributed by atoms with van der Waals surface area (Å²) in [5, 5.41) is 3.24. The van der Waals surface area contributed by atoms with E-state index in [2.05, 4.69) is 37.2 Å². The van der Waals surface area contributed by atoms with E-state index >= 15 is 0 Å². The normalized spacial score (nSPS) is 12.3. The van der Waals surface area contributed by atoms with Crippen LogP contribution < -0.4 is 10.1 Å². The van der Waals surface area contributed by atoms with Gasteiger partial charge < -0.3 is 14.8 Å². The van der Waals surface area contributed by atoms with Crippen molar-refractivity contribution in [2.75, 3.05) is 13.7 Å². The molecule has 0 aromatic heterocycles. The summed E-state index contributed by atoms with van der Waals surface area (Å²) >= 11 is 7.01. The molecule has 1 atom stereocenters. The number of ether oxygens (including phenoxy) is 2. The minimum Gasteiger partial charge on any atom is -0.492 e. The topological polar surface area (TPSA) is 47.6 Å². The highest BCUT2D eigenvalue weighted by atomic mass is 79.9. The zero-order chi connectivity index (χ0) is 16.0. The van der Waals surface area contributed by atoms with E-state index in [-0.39, 0.29) is 17.9 Å². The molecular weight excluding hydrogens is 402 g/mol. The molecule has 0 aliphatic carbocycles. The van der Waals surface area contributed by atoms with Gasteiger partial charge in [-0.1, -0.05) is 13.8 Å². The third kappa shape index (κ3) is 5.27. The van der Waals surface area contributed by atoms with Gasteiger partial charge in [0.25, 0.3) is 0 Å². The highest BCUT2D eigenvalue weighted by molar-refractivity contribution is 9.11. The third-order valence-electron chi connectivity index (χ3n) is 2.99. The molecule has 0 saturated carbocycles.